The number of hydrogen-bond donors (Lipinski definition) is 0. The predicted molar refractivity (Wildman–Crippen MR) is 34.4 cm³/mol. The van der Waals surface area contributed by atoms with E-state index in [1.54, 1.807) is 0 Å². The van der Waals surface area contributed by atoms with Crippen molar-refractivity contribution < 1.29 is 0 Å². The van der Waals surface area contributed by atoms with E-state index in [2.05, 4.69) is 11.9 Å². The summed E-state index contributed by atoms with van der Waals surface area (Å²) in [5, 5.41) is 0. The molecule has 1 nitrogen and oxygen atoms in total. The number of aromatic nitrogens is 1. The van der Waals surface area contributed by atoms with E-state index in [-0.39, 0.29) is 0 Å². The fourth-order valence-electron chi connectivity index (χ4n) is 0.473. The van der Waals surface area contributed by atoms with Crippen LogP contribution in [-0.2, 0) is 0 Å². The molecular formula is C6H6NSn. The zero-order valence-corrected chi connectivity index (χ0v) is 7.53. The zero-order valence-electron chi connectivity index (χ0n) is 4.68. The zero-order chi connectivity index (χ0) is 5.98. The minimum absolute atomic E-state index is 1.30. The van der Waals surface area contributed by atoms with Gasteiger partial charge in [0.1, 0.15) is 0 Å². The average molecular weight is 211 g/mol. The molecule has 1 rings (SSSR count). The molecule has 1 heterocycles. The Kier molecular flexibility index (Phi) is 1.89. The van der Waals surface area contributed by atoms with Crippen molar-refractivity contribution in [1.82, 2.24) is 4.98 Å². The van der Waals surface area contributed by atoms with E-state index in [9.17, 15) is 0 Å². The second-order valence-corrected chi connectivity index (χ2v) is 3.23. The van der Waals surface area contributed by atoms with Gasteiger partial charge in [-0.25, -0.2) is 0 Å². The van der Waals surface area contributed by atoms with Crippen molar-refractivity contribution in [3.63, 3.8) is 0 Å². The first-order chi connectivity index (χ1) is 3.80. The van der Waals surface area contributed by atoms with Gasteiger partial charge in [0.25, 0.3) is 0 Å². The molecule has 0 unspecified atom stereocenters. The standard InChI is InChI=1S/C6H6N.Sn/c1-6-3-2-4-7-5-6;/h2,4-5H,1H3;. The Morgan fingerprint density at radius 1 is 1.62 bits per heavy atom. The van der Waals surface area contributed by atoms with Crippen LogP contribution in [0.25, 0.3) is 0 Å². The summed E-state index contributed by atoms with van der Waals surface area (Å²) in [5.74, 6) is 0. The molecule has 0 bridgehead atoms. The van der Waals surface area contributed by atoms with Crippen LogP contribution in [0, 0.1) is 6.92 Å². The van der Waals surface area contributed by atoms with Crippen LogP contribution in [-0.4, -0.2) is 27.5 Å². The van der Waals surface area contributed by atoms with E-state index >= 15 is 0 Å². The third kappa shape index (κ3) is 1.22. The molecule has 1 aromatic heterocycles. The van der Waals surface area contributed by atoms with Crippen molar-refractivity contribution in [1.29, 1.82) is 0 Å². The van der Waals surface area contributed by atoms with Gasteiger partial charge in [0.2, 0.25) is 0 Å². The van der Waals surface area contributed by atoms with Gasteiger partial charge in [0.05, 0.1) is 0 Å². The van der Waals surface area contributed by atoms with Gasteiger partial charge in [-0.3, -0.25) is 0 Å². The second-order valence-electron chi connectivity index (χ2n) is 1.69. The molecule has 0 saturated carbocycles. The van der Waals surface area contributed by atoms with Gasteiger partial charge >= 0.3 is 62.0 Å². The third-order valence-corrected chi connectivity index (χ3v) is 2.62. The van der Waals surface area contributed by atoms with Crippen molar-refractivity contribution in [2.24, 2.45) is 0 Å². The Labute approximate surface area is 62.2 Å². The van der Waals surface area contributed by atoms with E-state index < -0.39 is 0 Å². The van der Waals surface area contributed by atoms with Crippen LogP contribution in [0.1, 0.15) is 5.56 Å². The van der Waals surface area contributed by atoms with E-state index in [0.717, 1.165) is 0 Å². The molecule has 0 aliphatic heterocycles. The fraction of sp³-hybridized carbons (Fsp3) is 0.167. The van der Waals surface area contributed by atoms with E-state index in [1.807, 2.05) is 18.5 Å². The maximum absolute atomic E-state index is 3.96. The molecule has 0 N–H and O–H groups in total. The molecule has 0 amide bonds. The Balaban J connectivity index is 3.13. The molecule has 0 spiro atoms. The summed E-state index contributed by atoms with van der Waals surface area (Å²) >= 11 is 1.47. The van der Waals surface area contributed by atoms with Gasteiger partial charge in [0.15, 0.2) is 0 Å². The van der Waals surface area contributed by atoms with Gasteiger partial charge in [-0.05, 0) is 0 Å². The van der Waals surface area contributed by atoms with Crippen LogP contribution in [0.4, 0.5) is 0 Å². The van der Waals surface area contributed by atoms with Gasteiger partial charge < -0.3 is 0 Å². The van der Waals surface area contributed by atoms with Crippen LogP contribution < -0.4 is 3.58 Å². The molecule has 0 atom stereocenters. The molecule has 1 aromatic rings. The Morgan fingerprint density at radius 2 is 2.38 bits per heavy atom. The van der Waals surface area contributed by atoms with Crippen LogP contribution >= 0.6 is 0 Å². The number of aryl methyl sites for hydroxylation is 1. The molecule has 0 aliphatic rings. The van der Waals surface area contributed by atoms with Crippen LogP contribution in [0.15, 0.2) is 18.5 Å². The summed E-state index contributed by atoms with van der Waals surface area (Å²) in [4.78, 5) is 3.96. The van der Waals surface area contributed by atoms with Crippen molar-refractivity contribution in [2.45, 2.75) is 6.92 Å². The quantitative estimate of drug-likeness (QED) is 0.558. The number of rotatable bonds is 0. The molecule has 0 aliphatic carbocycles. The van der Waals surface area contributed by atoms with Crippen molar-refractivity contribution >= 4 is 26.1 Å². The number of hydrogen-bond acceptors (Lipinski definition) is 1. The summed E-state index contributed by atoms with van der Waals surface area (Å²) in [7, 11) is 0. The monoisotopic (exact) mass is 212 g/mol. The second kappa shape index (κ2) is 2.48. The first-order valence-electron chi connectivity index (χ1n) is 2.43. The van der Waals surface area contributed by atoms with Crippen LogP contribution in [0.3, 0.4) is 0 Å². The number of pyridine rings is 1. The van der Waals surface area contributed by atoms with Gasteiger partial charge in [0, 0.05) is 0 Å². The Bertz CT molecular complexity index is 165. The molecule has 0 aromatic carbocycles. The first-order valence-corrected chi connectivity index (χ1v) is 3.85. The molecule has 2 heteroatoms. The van der Waals surface area contributed by atoms with Crippen molar-refractivity contribution in [3.8, 4) is 0 Å². The van der Waals surface area contributed by atoms with Crippen LogP contribution in [0.2, 0.25) is 0 Å². The number of nitrogens with zero attached hydrogens (tertiary/aromatic N) is 1. The van der Waals surface area contributed by atoms with Crippen LogP contribution in [0.5, 0.6) is 0 Å². The summed E-state index contributed by atoms with van der Waals surface area (Å²) < 4.78 is 1.40. The molecule has 0 fully saturated rings. The Morgan fingerprint density at radius 3 is 2.75 bits per heavy atom. The summed E-state index contributed by atoms with van der Waals surface area (Å²) in [6.07, 6.45) is 3.72. The predicted octanol–water partition coefficient (Wildman–Crippen LogP) is 0.184. The third-order valence-electron chi connectivity index (χ3n) is 1.02. The van der Waals surface area contributed by atoms with Gasteiger partial charge in [-0.2, -0.15) is 0 Å². The van der Waals surface area contributed by atoms with Crippen molar-refractivity contribution in [3.05, 3.63) is 24.0 Å². The summed E-state index contributed by atoms with van der Waals surface area (Å²) in [6.45, 7) is 2.08. The fourth-order valence-corrected chi connectivity index (χ4v) is 0.870. The average Bonchev–Trinajstić information content (AvgIpc) is 1.77. The van der Waals surface area contributed by atoms with E-state index in [4.69, 9.17) is 0 Å². The molecular weight excluding hydrogens is 205 g/mol. The topological polar surface area (TPSA) is 12.9 Å². The van der Waals surface area contributed by atoms with Gasteiger partial charge in [-0.15, -0.1) is 0 Å². The SMILES string of the molecule is Cc1cncc[c]1[Sn]. The summed E-state index contributed by atoms with van der Waals surface area (Å²) in [6, 6.07) is 2.05. The maximum atomic E-state index is 3.96. The molecule has 39 valence electrons. The van der Waals surface area contributed by atoms with E-state index in [0.29, 0.717) is 0 Å². The Hall–Kier alpha value is -0.0513. The summed E-state index contributed by atoms with van der Waals surface area (Å²) in [5.41, 5.74) is 1.30. The van der Waals surface area contributed by atoms with E-state index in [1.165, 1.54) is 31.7 Å². The first kappa shape index (κ1) is 6.07. The minimum atomic E-state index is 1.30. The molecule has 0 saturated heterocycles. The van der Waals surface area contributed by atoms with Gasteiger partial charge in [-0.1, -0.05) is 0 Å². The molecule has 8 heavy (non-hydrogen) atoms. The normalized spacial score (nSPS) is 9.25. The molecule has 3 radical (unpaired) electrons. The van der Waals surface area contributed by atoms with Crippen molar-refractivity contribution in [2.75, 3.05) is 0 Å².